The molecule has 0 aliphatic rings. The van der Waals surface area contributed by atoms with Gasteiger partial charge in [0.05, 0.1) is 5.69 Å². The molecule has 1 aromatic rings. The quantitative estimate of drug-likeness (QED) is 0.823. The topological polar surface area (TPSA) is 62.2 Å². The first-order valence-corrected chi connectivity index (χ1v) is 7.18. The van der Waals surface area contributed by atoms with Gasteiger partial charge in [-0.2, -0.15) is 16.1 Å². The fraction of sp³-hybridized carbons (Fsp3) is 0.600. The molecule has 90 valence electrons. The Kier molecular flexibility index (Phi) is 5.08. The van der Waals surface area contributed by atoms with Crippen LogP contribution in [0.15, 0.2) is 0 Å². The molecule has 16 heavy (non-hydrogen) atoms. The predicted octanol–water partition coefficient (Wildman–Crippen LogP) is 2.70. The van der Waals surface area contributed by atoms with E-state index in [9.17, 15) is 4.79 Å². The van der Waals surface area contributed by atoms with Crippen molar-refractivity contribution in [2.45, 2.75) is 26.3 Å². The van der Waals surface area contributed by atoms with Crippen LogP contribution >= 0.6 is 23.3 Å². The monoisotopic (exact) mass is 260 g/mol. The lowest BCUT2D eigenvalue weighted by Gasteiger charge is -2.13. The van der Waals surface area contributed by atoms with E-state index in [0.717, 1.165) is 12.2 Å². The van der Waals surface area contributed by atoms with Gasteiger partial charge in [0.1, 0.15) is 10.6 Å². The lowest BCUT2D eigenvalue weighted by atomic mass is 10.2. The van der Waals surface area contributed by atoms with Crippen LogP contribution in [0.1, 0.15) is 29.4 Å². The van der Waals surface area contributed by atoms with E-state index in [4.69, 9.17) is 5.11 Å². The van der Waals surface area contributed by atoms with Crippen molar-refractivity contribution in [1.29, 1.82) is 0 Å². The lowest BCUT2D eigenvalue weighted by molar-refractivity contribution is 0.0697. The van der Waals surface area contributed by atoms with Crippen LogP contribution in [-0.2, 0) is 0 Å². The minimum absolute atomic E-state index is 0.269. The number of thioether (sulfide) groups is 1. The summed E-state index contributed by atoms with van der Waals surface area (Å²) in [6.45, 7) is 3.77. The highest BCUT2D eigenvalue weighted by Gasteiger charge is 2.18. The van der Waals surface area contributed by atoms with Crippen molar-refractivity contribution in [3.8, 4) is 0 Å². The van der Waals surface area contributed by atoms with Gasteiger partial charge in [0.25, 0.3) is 0 Å². The minimum Gasteiger partial charge on any atom is -0.478 e. The number of aryl methyl sites for hydroxylation is 1. The summed E-state index contributed by atoms with van der Waals surface area (Å²) in [7, 11) is 0. The lowest BCUT2D eigenvalue weighted by Crippen LogP contribution is -2.17. The summed E-state index contributed by atoms with van der Waals surface area (Å²) in [5.74, 6) is 0.153. The van der Waals surface area contributed by atoms with Crippen molar-refractivity contribution in [2.24, 2.45) is 0 Å². The number of carboxylic acid groups (broad SMARTS) is 1. The summed E-state index contributed by atoms with van der Waals surface area (Å²) in [6, 6.07) is 0.269. The molecule has 2 N–H and O–H groups in total. The normalized spacial score (nSPS) is 12.4. The Morgan fingerprint density at radius 1 is 1.69 bits per heavy atom. The van der Waals surface area contributed by atoms with E-state index >= 15 is 0 Å². The fourth-order valence-corrected chi connectivity index (χ4v) is 2.80. The Bertz CT molecular complexity index is 366. The van der Waals surface area contributed by atoms with E-state index in [2.05, 4.69) is 22.9 Å². The van der Waals surface area contributed by atoms with E-state index in [1.54, 1.807) is 18.7 Å². The third-order valence-electron chi connectivity index (χ3n) is 2.21. The van der Waals surface area contributed by atoms with Crippen LogP contribution in [0.4, 0.5) is 5.00 Å². The van der Waals surface area contributed by atoms with E-state index < -0.39 is 5.97 Å². The number of hydrogen-bond acceptors (Lipinski definition) is 5. The molecule has 0 aliphatic heterocycles. The molecule has 0 fully saturated rings. The number of anilines is 1. The second-order valence-corrected chi connectivity index (χ2v) is 5.36. The number of aromatic nitrogens is 1. The Balaban J connectivity index is 2.70. The zero-order valence-electron chi connectivity index (χ0n) is 9.61. The fourth-order valence-electron chi connectivity index (χ4n) is 1.31. The maximum absolute atomic E-state index is 11.0. The molecule has 0 saturated heterocycles. The van der Waals surface area contributed by atoms with Gasteiger partial charge in [-0.25, -0.2) is 4.79 Å². The number of carboxylic acids is 1. The third-order valence-corrected chi connectivity index (χ3v) is 3.72. The Morgan fingerprint density at radius 3 is 2.94 bits per heavy atom. The molecule has 0 amide bonds. The standard InChI is InChI=1S/C10H16N2O2S2/c1-6(4-5-15-3)11-9-8(10(13)14)7(2)12-16-9/h6,11H,4-5H2,1-3H3,(H,13,14). The third kappa shape index (κ3) is 3.38. The average molecular weight is 260 g/mol. The Morgan fingerprint density at radius 2 is 2.38 bits per heavy atom. The van der Waals surface area contributed by atoms with Gasteiger partial charge in [0.2, 0.25) is 0 Å². The van der Waals surface area contributed by atoms with Crippen LogP contribution in [0, 0.1) is 6.92 Å². The molecule has 0 spiro atoms. The van der Waals surface area contributed by atoms with Crippen LogP contribution in [0.2, 0.25) is 0 Å². The maximum Gasteiger partial charge on any atom is 0.340 e. The molecule has 1 heterocycles. The summed E-state index contributed by atoms with van der Waals surface area (Å²) in [5, 5.41) is 12.9. The zero-order chi connectivity index (χ0) is 12.1. The molecular weight excluding hydrogens is 244 g/mol. The number of carbonyl (C=O) groups is 1. The number of nitrogens with one attached hydrogen (secondary N) is 1. The molecular formula is C10H16N2O2S2. The van der Waals surface area contributed by atoms with Crippen molar-refractivity contribution in [2.75, 3.05) is 17.3 Å². The van der Waals surface area contributed by atoms with Gasteiger partial charge < -0.3 is 10.4 Å². The highest BCUT2D eigenvalue weighted by atomic mass is 32.2. The van der Waals surface area contributed by atoms with Crippen molar-refractivity contribution in [1.82, 2.24) is 4.37 Å². The van der Waals surface area contributed by atoms with Crippen LogP contribution in [0.5, 0.6) is 0 Å². The Hall–Kier alpha value is -0.750. The molecule has 1 aromatic heterocycles. The first-order chi connectivity index (χ1) is 7.56. The molecule has 4 nitrogen and oxygen atoms in total. The number of aromatic carboxylic acids is 1. The van der Waals surface area contributed by atoms with Crippen LogP contribution in [-0.4, -0.2) is 33.5 Å². The first kappa shape index (κ1) is 13.3. The van der Waals surface area contributed by atoms with Gasteiger partial charge in [0.15, 0.2) is 0 Å². The van der Waals surface area contributed by atoms with Gasteiger partial charge in [-0.3, -0.25) is 0 Å². The average Bonchev–Trinajstić information content (AvgIpc) is 2.56. The summed E-state index contributed by atoms with van der Waals surface area (Å²) >= 11 is 3.01. The smallest absolute Gasteiger partial charge is 0.340 e. The van der Waals surface area contributed by atoms with Crippen molar-refractivity contribution in [3.05, 3.63) is 11.3 Å². The number of nitrogens with zero attached hydrogens (tertiary/aromatic N) is 1. The largest absolute Gasteiger partial charge is 0.478 e. The van der Waals surface area contributed by atoms with E-state index in [-0.39, 0.29) is 6.04 Å². The van der Waals surface area contributed by atoms with Gasteiger partial charge in [-0.15, -0.1) is 0 Å². The van der Waals surface area contributed by atoms with Crippen molar-refractivity contribution in [3.63, 3.8) is 0 Å². The molecule has 1 unspecified atom stereocenters. The molecule has 0 aromatic carbocycles. The first-order valence-electron chi connectivity index (χ1n) is 5.01. The van der Waals surface area contributed by atoms with Gasteiger partial charge >= 0.3 is 5.97 Å². The van der Waals surface area contributed by atoms with E-state index in [1.165, 1.54) is 11.5 Å². The molecule has 1 rings (SSSR count). The highest BCUT2D eigenvalue weighted by molar-refractivity contribution is 7.98. The van der Waals surface area contributed by atoms with Gasteiger partial charge in [-0.1, -0.05) is 0 Å². The second kappa shape index (κ2) is 6.10. The maximum atomic E-state index is 11.0. The number of rotatable bonds is 6. The molecule has 0 bridgehead atoms. The highest BCUT2D eigenvalue weighted by Crippen LogP contribution is 2.25. The van der Waals surface area contributed by atoms with Crippen LogP contribution < -0.4 is 5.32 Å². The molecule has 6 heteroatoms. The number of hydrogen-bond donors (Lipinski definition) is 2. The summed E-state index contributed by atoms with van der Waals surface area (Å²) in [4.78, 5) is 11.0. The van der Waals surface area contributed by atoms with Crippen molar-refractivity contribution < 1.29 is 9.90 Å². The molecule has 1 atom stereocenters. The van der Waals surface area contributed by atoms with Crippen LogP contribution in [0.3, 0.4) is 0 Å². The van der Waals surface area contributed by atoms with Crippen molar-refractivity contribution >= 4 is 34.3 Å². The zero-order valence-corrected chi connectivity index (χ0v) is 11.2. The summed E-state index contributed by atoms with van der Waals surface area (Å²) in [6.07, 6.45) is 3.07. The van der Waals surface area contributed by atoms with Crippen LogP contribution in [0.25, 0.3) is 0 Å². The predicted molar refractivity (Wildman–Crippen MR) is 69.9 cm³/mol. The Labute approximate surface area is 104 Å². The summed E-state index contributed by atoms with van der Waals surface area (Å²) < 4.78 is 4.06. The van der Waals surface area contributed by atoms with E-state index in [0.29, 0.717) is 16.3 Å². The SMILES string of the molecule is CSCCC(C)Nc1snc(C)c1C(=O)O. The van der Waals surface area contributed by atoms with Gasteiger partial charge in [0, 0.05) is 6.04 Å². The van der Waals surface area contributed by atoms with E-state index in [1.807, 2.05) is 0 Å². The molecule has 0 saturated carbocycles. The minimum atomic E-state index is -0.911. The molecule has 0 radical (unpaired) electrons. The van der Waals surface area contributed by atoms with Gasteiger partial charge in [-0.05, 0) is 43.8 Å². The second-order valence-electron chi connectivity index (χ2n) is 3.60. The summed E-state index contributed by atoms with van der Waals surface area (Å²) in [5.41, 5.74) is 0.887. The molecule has 0 aliphatic carbocycles.